The monoisotopic (exact) mass is 699 g/mol. The van der Waals surface area contributed by atoms with Gasteiger partial charge in [0.1, 0.15) is 0 Å². The normalized spacial score (nSPS) is 20.9. The van der Waals surface area contributed by atoms with Crippen LogP contribution >= 0.6 is 11.8 Å². The number of piperidine rings is 2. The van der Waals surface area contributed by atoms with Gasteiger partial charge in [-0.2, -0.15) is 22.6 Å². The van der Waals surface area contributed by atoms with E-state index in [0.717, 1.165) is 70.2 Å². The zero-order valence-electron chi connectivity index (χ0n) is 28.5. The molecule has 2 fully saturated rings. The Bertz CT molecular complexity index is 1470. The van der Waals surface area contributed by atoms with Crippen molar-refractivity contribution in [2.75, 3.05) is 57.8 Å². The fourth-order valence-corrected chi connectivity index (χ4v) is 9.17. The van der Waals surface area contributed by atoms with Gasteiger partial charge in [0.05, 0.1) is 30.2 Å². The van der Waals surface area contributed by atoms with E-state index >= 15 is 0 Å². The summed E-state index contributed by atoms with van der Waals surface area (Å²) < 4.78 is 70.6. The predicted octanol–water partition coefficient (Wildman–Crippen LogP) is 5.83. The lowest BCUT2D eigenvalue weighted by Gasteiger charge is -2.39. The summed E-state index contributed by atoms with van der Waals surface area (Å²) in [4.78, 5) is 4.76. The number of hydrogen-bond donors (Lipinski definition) is 1. The van der Waals surface area contributed by atoms with E-state index < -0.39 is 27.9 Å². The third-order valence-electron chi connectivity index (χ3n) is 10.3. The number of alkyl halides is 3. The SMILES string of the molecule is CC1CCN(CCSc2cc(-c3nn(C[C@@H](O)CN4CCC(C(C)(C)C)CC4)c4c3CN(S(C)(=O)=O)CC4)ccc2C(F)(F)F)CC1. The van der Waals surface area contributed by atoms with Gasteiger partial charge in [0.25, 0.3) is 0 Å². The number of thioether (sulfide) groups is 1. The molecule has 1 N–H and O–H groups in total. The Labute approximate surface area is 283 Å². The molecule has 2 aromatic rings. The molecule has 1 aromatic carbocycles. The molecule has 0 aliphatic carbocycles. The molecule has 0 bridgehead atoms. The number of nitrogens with zero attached hydrogens (tertiary/aromatic N) is 5. The van der Waals surface area contributed by atoms with E-state index in [0.29, 0.717) is 47.4 Å². The lowest BCUT2D eigenvalue weighted by atomic mass is 9.75. The van der Waals surface area contributed by atoms with Crippen LogP contribution in [0.2, 0.25) is 0 Å². The van der Waals surface area contributed by atoms with E-state index in [-0.39, 0.29) is 29.9 Å². The third kappa shape index (κ3) is 9.33. The standard InChI is InChI=1S/C34H52F3N5O3S2/c1-24-8-13-39(14-9-24)18-19-46-31-20-25(6-7-29(31)34(35,36)37)32-28-23-41(47(5,44)45)17-12-30(28)42(38-32)22-27(43)21-40-15-10-26(11-16-40)33(2,3)4/h6-7,20,24,26-27,43H,8-19,21-23H2,1-5H3/t27-/m0/s1. The molecule has 0 radical (unpaired) electrons. The van der Waals surface area contributed by atoms with Crippen LogP contribution in [-0.2, 0) is 35.7 Å². The Kier molecular flexibility index (Phi) is 11.4. The summed E-state index contributed by atoms with van der Waals surface area (Å²) in [5.74, 6) is 1.87. The van der Waals surface area contributed by atoms with Gasteiger partial charge in [-0.25, -0.2) is 8.42 Å². The topological polar surface area (TPSA) is 81.9 Å². The van der Waals surface area contributed by atoms with Crippen LogP contribution in [0.5, 0.6) is 0 Å². The fraction of sp³-hybridized carbons (Fsp3) is 0.735. The van der Waals surface area contributed by atoms with Crippen molar-refractivity contribution in [1.29, 1.82) is 0 Å². The highest BCUT2D eigenvalue weighted by Gasteiger charge is 2.36. The molecule has 0 spiro atoms. The maximum atomic E-state index is 14.1. The highest BCUT2D eigenvalue weighted by Crippen LogP contribution is 2.41. The van der Waals surface area contributed by atoms with Crippen molar-refractivity contribution in [3.05, 3.63) is 35.0 Å². The van der Waals surface area contributed by atoms with Gasteiger partial charge in [-0.15, -0.1) is 11.8 Å². The summed E-state index contributed by atoms with van der Waals surface area (Å²) in [6.45, 7) is 14.7. The highest BCUT2D eigenvalue weighted by molar-refractivity contribution is 7.99. The molecule has 1 atom stereocenters. The second-order valence-corrected chi connectivity index (χ2v) is 18.1. The molecule has 13 heteroatoms. The first kappa shape index (κ1) is 36.6. The minimum absolute atomic E-state index is 0.0940. The zero-order valence-corrected chi connectivity index (χ0v) is 30.2. The first-order chi connectivity index (χ1) is 22.0. The second-order valence-electron chi connectivity index (χ2n) is 15.0. The number of aliphatic hydroxyl groups excluding tert-OH is 1. The summed E-state index contributed by atoms with van der Waals surface area (Å²) in [7, 11) is -3.49. The van der Waals surface area contributed by atoms with Gasteiger partial charge in [0.2, 0.25) is 10.0 Å². The van der Waals surface area contributed by atoms with E-state index in [1.165, 1.54) is 28.4 Å². The first-order valence-electron chi connectivity index (χ1n) is 17.0. The maximum Gasteiger partial charge on any atom is 0.417 e. The van der Waals surface area contributed by atoms with Gasteiger partial charge < -0.3 is 14.9 Å². The molecule has 0 amide bonds. The summed E-state index contributed by atoms with van der Waals surface area (Å²) in [5.41, 5.74) is 2.12. The Morgan fingerprint density at radius 1 is 1.00 bits per heavy atom. The van der Waals surface area contributed by atoms with Crippen molar-refractivity contribution in [3.8, 4) is 11.3 Å². The maximum absolute atomic E-state index is 14.1. The Morgan fingerprint density at radius 2 is 1.66 bits per heavy atom. The number of sulfonamides is 1. The molecule has 3 aliphatic heterocycles. The van der Waals surface area contributed by atoms with Crippen LogP contribution in [0.15, 0.2) is 23.1 Å². The average Bonchev–Trinajstić information content (AvgIpc) is 3.34. The lowest BCUT2D eigenvalue weighted by Crippen LogP contribution is -2.42. The molecule has 264 valence electrons. The minimum Gasteiger partial charge on any atom is -0.390 e. The van der Waals surface area contributed by atoms with Crippen LogP contribution in [-0.4, -0.2) is 101 Å². The van der Waals surface area contributed by atoms with E-state index in [1.54, 1.807) is 10.7 Å². The molecule has 47 heavy (non-hydrogen) atoms. The van der Waals surface area contributed by atoms with E-state index in [4.69, 9.17) is 5.10 Å². The van der Waals surface area contributed by atoms with Crippen LogP contribution in [0, 0.1) is 17.3 Å². The number of benzene rings is 1. The van der Waals surface area contributed by atoms with Gasteiger partial charge in [-0.05, 0) is 81.2 Å². The number of likely N-dealkylation sites (tertiary alicyclic amines) is 2. The van der Waals surface area contributed by atoms with E-state index in [2.05, 4.69) is 37.5 Å². The largest absolute Gasteiger partial charge is 0.417 e. The Hall–Kier alpha value is -1.64. The van der Waals surface area contributed by atoms with Crippen molar-refractivity contribution in [3.63, 3.8) is 0 Å². The predicted molar refractivity (Wildman–Crippen MR) is 182 cm³/mol. The van der Waals surface area contributed by atoms with Gasteiger partial charge >= 0.3 is 6.18 Å². The number of halogens is 3. The van der Waals surface area contributed by atoms with Crippen molar-refractivity contribution >= 4 is 21.8 Å². The molecule has 4 heterocycles. The van der Waals surface area contributed by atoms with Crippen molar-refractivity contribution in [2.45, 2.75) is 90.1 Å². The lowest BCUT2D eigenvalue weighted by molar-refractivity contribution is -0.139. The number of hydrogen-bond acceptors (Lipinski definition) is 7. The number of aromatic nitrogens is 2. The second kappa shape index (κ2) is 14.7. The van der Waals surface area contributed by atoms with Crippen molar-refractivity contribution in [2.24, 2.45) is 17.3 Å². The van der Waals surface area contributed by atoms with Gasteiger partial charge in [-0.3, -0.25) is 4.68 Å². The molecule has 8 nitrogen and oxygen atoms in total. The van der Waals surface area contributed by atoms with Crippen LogP contribution in [0.4, 0.5) is 13.2 Å². The zero-order chi connectivity index (χ0) is 34.1. The fourth-order valence-electron chi connectivity index (χ4n) is 7.26. The quantitative estimate of drug-likeness (QED) is 0.313. The third-order valence-corrected chi connectivity index (χ3v) is 12.6. The number of rotatable bonds is 10. The average molecular weight is 700 g/mol. The molecule has 1 aromatic heterocycles. The van der Waals surface area contributed by atoms with Crippen LogP contribution in [0.3, 0.4) is 0 Å². The van der Waals surface area contributed by atoms with Crippen LogP contribution < -0.4 is 0 Å². The summed E-state index contributed by atoms with van der Waals surface area (Å²) in [6.07, 6.45) is 0.781. The summed E-state index contributed by atoms with van der Waals surface area (Å²) in [6, 6.07) is 4.13. The number of fused-ring (bicyclic) bond motifs is 1. The molecule has 5 rings (SSSR count). The van der Waals surface area contributed by atoms with Gasteiger partial charge in [0, 0.05) is 60.1 Å². The summed E-state index contributed by atoms with van der Waals surface area (Å²) in [5, 5.41) is 16.1. The number of β-amino-alcohol motifs (C(OH)–C–C–N with tert-alkyl or cyclic N) is 1. The van der Waals surface area contributed by atoms with Crippen LogP contribution in [0.1, 0.15) is 70.2 Å². The molecular weight excluding hydrogens is 648 g/mol. The molecule has 0 unspecified atom stereocenters. The van der Waals surface area contributed by atoms with Crippen molar-refractivity contribution < 1.29 is 26.7 Å². The smallest absolute Gasteiger partial charge is 0.390 e. The molecular formula is C34H52F3N5O3S2. The summed E-state index contributed by atoms with van der Waals surface area (Å²) >= 11 is 1.21. The molecule has 3 aliphatic rings. The van der Waals surface area contributed by atoms with E-state index in [9.17, 15) is 26.7 Å². The highest BCUT2D eigenvalue weighted by atomic mass is 32.2. The molecule has 0 saturated carbocycles. The Balaban J connectivity index is 1.38. The number of aliphatic hydroxyl groups is 1. The van der Waals surface area contributed by atoms with E-state index in [1.807, 2.05) is 0 Å². The Morgan fingerprint density at radius 3 is 2.28 bits per heavy atom. The van der Waals surface area contributed by atoms with Crippen molar-refractivity contribution in [1.82, 2.24) is 23.9 Å². The first-order valence-corrected chi connectivity index (χ1v) is 19.8. The minimum atomic E-state index is -4.50. The molecule has 2 saturated heterocycles. The van der Waals surface area contributed by atoms with Gasteiger partial charge in [-0.1, -0.05) is 33.8 Å². The van der Waals surface area contributed by atoms with Gasteiger partial charge in [0.15, 0.2) is 0 Å². The van der Waals surface area contributed by atoms with Crippen LogP contribution in [0.25, 0.3) is 11.3 Å².